The molecule has 3 rings (SSSR count). The van der Waals surface area contributed by atoms with Crippen molar-refractivity contribution in [3.63, 3.8) is 0 Å². The van der Waals surface area contributed by atoms with Gasteiger partial charge >= 0.3 is 0 Å². The first-order chi connectivity index (χ1) is 11.1. The van der Waals surface area contributed by atoms with E-state index in [0.29, 0.717) is 17.4 Å². The van der Waals surface area contributed by atoms with Gasteiger partial charge in [-0.3, -0.25) is 4.90 Å². The maximum absolute atomic E-state index is 5.72. The fraction of sp³-hybridized carbons (Fsp3) is 0.529. The number of benzene rings is 1. The second-order valence-corrected chi connectivity index (χ2v) is 6.47. The molecule has 124 valence electrons. The Morgan fingerprint density at radius 2 is 2.26 bits per heavy atom. The molecule has 2 aromatic rings. The fourth-order valence-corrected chi connectivity index (χ4v) is 2.68. The quantitative estimate of drug-likeness (QED) is 0.688. The van der Waals surface area contributed by atoms with Gasteiger partial charge in [-0.2, -0.15) is 0 Å². The van der Waals surface area contributed by atoms with Crippen LogP contribution in [0.2, 0.25) is 0 Å². The van der Waals surface area contributed by atoms with Gasteiger partial charge in [0.2, 0.25) is 0 Å². The molecule has 0 amide bonds. The summed E-state index contributed by atoms with van der Waals surface area (Å²) in [5.74, 6) is 2.17. The Bertz CT molecular complexity index is 706. The zero-order chi connectivity index (χ0) is 16.2. The monoisotopic (exact) mass is 333 g/mol. The number of ether oxygens (including phenoxy) is 1. The van der Waals surface area contributed by atoms with E-state index in [0.717, 1.165) is 30.3 Å². The van der Waals surface area contributed by atoms with Crippen LogP contribution in [0.15, 0.2) is 28.7 Å². The standard InChI is InChI=1S/C17H23N3O2S/c1-3-19(10-14-7-8-14)12-20-17(23)22-16(18-20)11-21-15-6-4-5-13(2)9-15/h4-6,9,14H,3,7-8,10-12H2,1-2H3. The largest absolute Gasteiger partial charge is 0.484 e. The molecular formula is C17H23N3O2S. The van der Waals surface area contributed by atoms with Gasteiger partial charge in [0.25, 0.3) is 10.7 Å². The topological polar surface area (TPSA) is 43.4 Å². The molecule has 6 heteroatoms. The molecule has 0 N–H and O–H groups in total. The summed E-state index contributed by atoms with van der Waals surface area (Å²) in [6.45, 7) is 7.26. The van der Waals surface area contributed by atoms with Crippen molar-refractivity contribution in [1.29, 1.82) is 0 Å². The molecule has 1 aromatic heterocycles. The summed E-state index contributed by atoms with van der Waals surface area (Å²) < 4.78 is 13.0. The van der Waals surface area contributed by atoms with Crippen molar-refractivity contribution in [2.45, 2.75) is 40.0 Å². The lowest BCUT2D eigenvalue weighted by atomic mass is 10.2. The van der Waals surface area contributed by atoms with Crippen LogP contribution in [0, 0.1) is 17.7 Å². The predicted molar refractivity (Wildman–Crippen MR) is 90.8 cm³/mol. The number of rotatable bonds is 8. The van der Waals surface area contributed by atoms with Crippen molar-refractivity contribution in [2.24, 2.45) is 5.92 Å². The molecule has 1 saturated carbocycles. The highest BCUT2D eigenvalue weighted by atomic mass is 32.1. The maximum Gasteiger partial charge on any atom is 0.288 e. The van der Waals surface area contributed by atoms with E-state index in [1.54, 1.807) is 4.68 Å². The molecule has 0 atom stereocenters. The van der Waals surface area contributed by atoms with Gasteiger partial charge in [0.1, 0.15) is 5.75 Å². The van der Waals surface area contributed by atoms with E-state index in [9.17, 15) is 0 Å². The number of aryl methyl sites for hydroxylation is 1. The summed E-state index contributed by atoms with van der Waals surface area (Å²) in [5, 5.41) is 4.44. The van der Waals surface area contributed by atoms with E-state index in [1.165, 1.54) is 12.8 Å². The average Bonchev–Trinajstić information content (AvgIpc) is 3.28. The average molecular weight is 333 g/mol. The Morgan fingerprint density at radius 1 is 1.43 bits per heavy atom. The minimum absolute atomic E-state index is 0.287. The van der Waals surface area contributed by atoms with Crippen molar-refractivity contribution < 1.29 is 9.15 Å². The van der Waals surface area contributed by atoms with Crippen LogP contribution in [0.3, 0.4) is 0 Å². The van der Waals surface area contributed by atoms with Crippen LogP contribution in [0.25, 0.3) is 0 Å². The number of aromatic nitrogens is 2. The van der Waals surface area contributed by atoms with Gasteiger partial charge in [0, 0.05) is 6.54 Å². The molecule has 0 unspecified atom stereocenters. The molecule has 0 bridgehead atoms. The van der Waals surface area contributed by atoms with Crippen LogP contribution in [-0.2, 0) is 13.3 Å². The van der Waals surface area contributed by atoms with Gasteiger partial charge in [-0.15, -0.1) is 5.10 Å². The Labute approximate surface area is 141 Å². The molecule has 0 aliphatic heterocycles. The van der Waals surface area contributed by atoms with E-state index in [-0.39, 0.29) is 6.61 Å². The third-order valence-electron chi connectivity index (χ3n) is 3.99. The number of hydrogen-bond acceptors (Lipinski definition) is 5. The molecule has 1 heterocycles. The van der Waals surface area contributed by atoms with Gasteiger partial charge in [-0.25, -0.2) is 4.68 Å². The second kappa shape index (κ2) is 7.27. The summed E-state index contributed by atoms with van der Waals surface area (Å²) in [7, 11) is 0. The Morgan fingerprint density at radius 3 is 2.96 bits per heavy atom. The third kappa shape index (κ3) is 4.65. The molecule has 23 heavy (non-hydrogen) atoms. The lowest BCUT2D eigenvalue weighted by Crippen LogP contribution is -2.29. The van der Waals surface area contributed by atoms with Crippen LogP contribution in [-0.4, -0.2) is 27.8 Å². The normalized spacial score (nSPS) is 14.4. The highest BCUT2D eigenvalue weighted by Gasteiger charge is 2.24. The lowest BCUT2D eigenvalue weighted by Gasteiger charge is -2.19. The van der Waals surface area contributed by atoms with E-state index < -0.39 is 0 Å². The van der Waals surface area contributed by atoms with E-state index in [4.69, 9.17) is 21.4 Å². The summed E-state index contributed by atoms with van der Waals surface area (Å²) in [5.41, 5.74) is 1.16. The van der Waals surface area contributed by atoms with E-state index in [2.05, 4.69) is 16.9 Å². The molecular weight excluding hydrogens is 310 g/mol. The zero-order valence-electron chi connectivity index (χ0n) is 13.7. The first-order valence-electron chi connectivity index (χ1n) is 8.12. The van der Waals surface area contributed by atoms with Crippen molar-refractivity contribution in [3.8, 4) is 5.75 Å². The first kappa shape index (κ1) is 16.2. The predicted octanol–water partition coefficient (Wildman–Crippen LogP) is 3.78. The summed E-state index contributed by atoms with van der Waals surface area (Å²) in [6.07, 6.45) is 2.69. The Balaban J connectivity index is 1.59. The molecule has 1 aliphatic rings. The molecule has 0 saturated heterocycles. The molecule has 1 aromatic carbocycles. The highest BCUT2D eigenvalue weighted by molar-refractivity contribution is 7.71. The zero-order valence-corrected chi connectivity index (χ0v) is 14.5. The van der Waals surface area contributed by atoms with E-state index in [1.807, 2.05) is 31.2 Å². The fourth-order valence-electron chi connectivity index (χ4n) is 2.49. The number of hydrogen-bond donors (Lipinski definition) is 0. The number of nitrogens with zero attached hydrogens (tertiary/aromatic N) is 3. The summed E-state index contributed by atoms with van der Waals surface area (Å²) in [4.78, 5) is 2.75. The van der Waals surface area contributed by atoms with Crippen LogP contribution in [0.5, 0.6) is 5.75 Å². The van der Waals surface area contributed by atoms with Crippen molar-refractivity contribution >= 4 is 12.2 Å². The van der Waals surface area contributed by atoms with Crippen LogP contribution in [0.1, 0.15) is 31.2 Å². The van der Waals surface area contributed by atoms with Crippen molar-refractivity contribution in [2.75, 3.05) is 13.1 Å². The van der Waals surface area contributed by atoms with Crippen LogP contribution < -0.4 is 4.74 Å². The SMILES string of the molecule is CCN(CC1CC1)Cn1nc(COc2cccc(C)c2)oc1=S. The lowest BCUT2D eigenvalue weighted by molar-refractivity contribution is 0.204. The third-order valence-corrected chi connectivity index (χ3v) is 4.29. The second-order valence-electron chi connectivity index (χ2n) is 6.12. The van der Waals surface area contributed by atoms with Gasteiger partial charge in [-0.1, -0.05) is 19.1 Å². The minimum Gasteiger partial charge on any atom is -0.484 e. The van der Waals surface area contributed by atoms with Gasteiger partial charge in [0.05, 0.1) is 6.67 Å². The summed E-state index contributed by atoms with van der Waals surface area (Å²) in [6, 6.07) is 7.91. The summed E-state index contributed by atoms with van der Waals surface area (Å²) >= 11 is 5.27. The van der Waals surface area contributed by atoms with Gasteiger partial charge in [0.15, 0.2) is 6.61 Å². The highest BCUT2D eigenvalue weighted by Crippen LogP contribution is 2.29. The van der Waals surface area contributed by atoms with Crippen LogP contribution >= 0.6 is 12.2 Å². The van der Waals surface area contributed by atoms with E-state index >= 15 is 0 Å². The van der Waals surface area contributed by atoms with Gasteiger partial charge < -0.3 is 9.15 Å². The molecule has 0 spiro atoms. The minimum atomic E-state index is 0.287. The molecule has 0 radical (unpaired) electrons. The van der Waals surface area contributed by atoms with Crippen molar-refractivity contribution in [1.82, 2.24) is 14.7 Å². The maximum atomic E-state index is 5.72. The van der Waals surface area contributed by atoms with Crippen molar-refractivity contribution in [3.05, 3.63) is 40.6 Å². The Kier molecular flexibility index (Phi) is 5.13. The smallest absolute Gasteiger partial charge is 0.288 e. The molecule has 5 nitrogen and oxygen atoms in total. The first-order valence-corrected chi connectivity index (χ1v) is 8.53. The van der Waals surface area contributed by atoms with Crippen LogP contribution in [0.4, 0.5) is 0 Å². The van der Waals surface area contributed by atoms with Gasteiger partial charge in [-0.05, 0) is 62.1 Å². The Hall–Kier alpha value is -1.66. The molecule has 1 aliphatic carbocycles. The molecule has 1 fully saturated rings.